The number of carbonyl (C=O) groups is 1. The summed E-state index contributed by atoms with van der Waals surface area (Å²) < 4.78 is 0. The van der Waals surface area contributed by atoms with Crippen LogP contribution in [0.25, 0.3) is 11.1 Å². The normalized spacial score (nSPS) is 14.9. The SMILES string of the molecule is CCCCc1ccc(C(C)CC(=O)C(C)(C)C(=N)CC)cc1-c1cc(C2CC2)ccc1C. The molecule has 2 aromatic carbocycles. The molecule has 1 aliphatic rings. The predicted octanol–water partition coefficient (Wildman–Crippen LogP) is 8.40. The molecule has 0 aliphatic heterocycles. The number of Topliss-reactive ketones (excluding diaryl/α,β-unsaturated/α-hetero) is 1. The molecule has 172 valence electrons. The average Bonchev–Trinajstić information content (AvgIpc) is 3.62. The van der Waals surface area contributed by atoms with E-state index in [1.54, 1.807) is 0 Å². The number of hydrogen-bond acceptors (Lipinski definition) is 2. The highest BCUT2D eigenvalue weighted by Gasteiger charge is 2.32. The number of carbonyl (C=O) groups excluding carboxylic acids is 1. The van der Waals surface area contributed by atoms with Gasteiger partial charge in [0.2, 0.25) is 0 Å². The van der Waals surface area contributed by atoms with Gasteiger partial charge in [0.1, 0.15) is 5.78 Å². The second kappa shape index (κ2) is 10.1. The number of rotatable bonds is 11. The molecule has 1 saturated carbocycles. The largest absolute Gasteiger partial charge is 0.309 e. The van der Waals surface area contributed by atoms with Gasteiger partial charge in [0.05, 0.1) is 5.41 Å². The first-order valence-corrected chi connectivity index (χ1v) is 12.5. The van der Waals surface area contributed by atoms with Crippen LogP contribution in [-0.2, 0) is 11.2 Å². The lowest BCUT2D eigenvalue weighted by Gasteiger charge is -2.26. The Bertz CT molecular complexity index is 980. The smallest absolute Gasteiger partial charge is 0.144 e. The molecular formula is C30H41NO. The van der Waals surface area contributed by atoms with Crippen LogP contribution in [0.2, 0.25) is 0 Å². The van der Waals surface area contributed by atoms with Crippen molar-refractivity contribution in [2.24, 2.45) is 5.41 Å². The van der Waals surface area contributed by atoms with Crippen LogP contribution in [0.4, 0.5) is 0 Å². The zero-order valence-corrected chi connectivity index (χ0v) is 21.0. The fourth-order valence-corrected chi connectivity index (χ4v) is 4.60. The fraction of sp³-hybridized carbons (Fsp3) is 0.533. The third-order valence-corrected chi connectivity index (χ3v) is 7.40. The van der Waals surface area contributed by atoms with Crippen LogP contribution in [0.5, 0.6) is 0 Å². The highest BCUT2D eigenvalue weighted by atomic mass is 16.1. The van der Waals surface area contributed by atoms with Gasteiger partial charge in [-0.1, -0.05) is 63.6 Å². The minimum Gasteiger partial charge on any atom is -0.309 e. The van der Waals surface area contributed by atoms with E-state index >= 15 is 0 Å². The number of ketones is 1. The third-order valence-electron chi connectivity index (χ3n) is 7.40. The molecule has 0 bridgehead atoms. The molecule has 1 fully saturated rings. The Hall–Kier alpha value is -2.22. The van der Waals surface area contributed by atoms with Crippen LogP contribution in [0.3, 0.4) is 0 Å². The lowest BCUT2D eigenvalue weighted by atomic mass is 9.77. The Kier molecular flexibility index (Phi) is 7.75. The molecule has 0 heterocycles. The number of nitrogens with one attached hydrogen (secondary N) is 1. The van der Waals surface area contributed by atoms with E-state index in [1.807, 2.05) is 20.8 Å². The summed E-state index contributed by atoms with van der Waals surface area (Å²) in [4.78, 5) is 13.1. The maximum absolute atomic E-state index is 13.1. The van der Waals surface area contributed by atoms with Gasteiger partial charge in [0.25, 0.3) is 0 Å². The molecule has 1 N–H and O–H groups in total. The van der Waals surface area contributed by atoms with Crippen LogP contribution < -0.4 is 0 Å². The van der Waals surface area contributed by atoms with Crippen molar-refractivity contribution in [1.82, 2.24) is 0 Å². The quantitative estimate of drug-likeness (QED) is 0.356. The maximum Gasteiger partial charge on any atom is 0.144 e. The van der Waals surface area contributed by atoms with Gasteiger partial charge in [0.15, 0.2) is 0 Å². The first kappa shape index (κ1) is 24.4. The molecule has 2 aromatic rings. The van der Waals surface area contributed by atoms with Gasteiger partial charge >= 0.3 is 0 Å². The van der Waals surface area contributed by atoms with Gasteiger partial charge in [-0.05, 0) is 98.1 Å². The Balaban J connectivity index is 1.95. The van der Waals surface area contributed by atoms with Crippen molar-refractivity contribution >= 4 is 11.5 Å². The molecule has 32 heavy (non-hydrogen) atoms. The summed E-state index contributed by atoms with van der Waals surface area (Å²) in [6.45, 7) is 12.4. The van der Waals surface area contributed by atoms with E-state index in [0.29, 0.717) is 18.6 Å². The van der Waals surface area contributed by atoms with E-state index in [0.717, 1.165) is 12.3 Å². The number of aryl methyl sites for hydroxylation is 2. The second-order valence-electron chi connectivity index (χ2n) is 10.4. The van der Waals surface area contributed by atoms with Crippen molar-refractivity contribution < 1.29 is 4.79 Å². The molecule has 0 radical (unpaired) electrons. The Labute approximate surface area is 195 Å². The van der Waals surface area contributed by atoms with E-state index in [9.17, 15) is 4.79 Å². The standard InChI is InChI=1S/C30H41NO/c1-7-9-10-23-15-16-24(21(4)17-29(32)30(5,6)28(31)8-2)18-27(23)26-19-25(22-13-14-22)12-11-20(26)3/h11-12,15-16,18-19,21-22,31H,7-10,13-14,17H2,1-6H3. The van der Waals surface area contributed by atoms with E-state index in [4.69, 9.17) is 5.41 Å². The molecule has 0 spiro atoms. The highest BCUT2D eigenvalue weighted by molar-refractivity contribution is 6.07. The summed E-state index contributed by atoms with van der Waals surface area (Å²) in [5.74, 6) is 1.04. The predicted molar refractivity (Wildman–Crippen MR) is 137 cm³/mol. The minimum atomic E-state index is -0.678. The van der Waals surface area contributed by atoms with Crippen molar-refractivity contribution in [3.05, 3.63) is 58.7 Å². The summed E-state index contributed by atoms with van der Waals surface area (Å²) in [7, 11) is 0. The molecule has 0 amide bonds. The van der Waals surface area contributed by atoms with Gasteiger partial charge in [-0.2, -0.15) is 0 Å². The number of hydrogen-bond donors (Lipinski definition) is 1. The van der Waals surface area contributed by atoms with Gasteiger partial charge in [-0.3, -0.25) is 4.79 Å². The van der Waals surface area contributed by atoms with Crippen molar-refractivity contribution in [1.29, 1.82) is 5.41 Å². The molecule has 0 saturated heterocycles. The van der Waals surface area contributed by atoms with Gasteiger partial charge in [0, 0.05) is 12.1 Å². The van der Waals surface area contributed by atoms with Crippen molar-refractivity contribution in [3.63, 3.8) is 0 Å². The van der Waals surface area contributed by atoms with Crippen LogP contribution >= 0.6 is 0 Å². The van der Waals surface area contributed by atoms with Gasteiger partial charge in [-0.25, -0.2) is 0 Å². The zero-order valence-electron chi connectivity index (χ0n) is 21.0. The maximum atomic E-state index is 13.1. The molecule has 0 aromatic heterocycles. The van der Waals surface area contributed by atoms with Crippen molar-refractivity contribution in [3.8, 4) is 11.1 Å². The van der Waals surface area contributed by atoms with Crippen LogP contribution in [0, 0.1) is 17.7 Å². The minimum absolute atomic E-state index is 0.136. The van der Waals surface area contributed by atoms with Gasteiger partial charge in [-0.15, -0.1) is 0 Å². The summed E-state index contributed by atoms with van der Waals surface area (Å²) in [5, 5.41) is 8.22. The van der Waals surface area contributed by atoms with Crippen molar-refractivity contribution in [2.45, 2.75) is 98.3 Å². The highest BCUT2D eigenvalue weighted by Crippen LogP contribution is 2.42. The Morgan fingerprint density at radius 1 is 1.09 bits per heavy atom. The van der Waals surface area contributed by atoms with E-state index < -0.39 is 5.41 Å². The zero-order chi connectivity index (χ0) is 23.5. The molecule has 1 unspecified atom stereocenters. The summed E-state index contributed by atoms with van der Waals surface area (Å²) in [6, 6.07) is 13.9. The summed E-state index contributed by atoms with van der Waals surface area (Å²) >= 11 is 0. The Morgan fingerprint density at radius 3 is 2.44 bits per heavy atom. The lowest BCUT2D eigenvalue weighted by Crippen LogP contribution is -2.33. The van der Waals surface area contributed by atoms with E-state index in [2.05, 4.69) is 57.2 Å². The molecule has 2 nitrogen and oxygen atoms in total. The lowest BCUT2D eigenvalue weighted by molar-refractivity contribution is -0.124. The average molecular weight is 432 g/mol. The fourth-order valence-electron chi connectivity index (χ4n) is 4.60. The van der Waals surface area contributed by atoms with E-state index in [-0.39, 0.29) is 11.7 Å². The number of unbranched alkanes of at least 4 members (excludes halogenated alkanes) is 1. The summed E-state index contributed by atoms with van der Waals surface area (Å²) in [5.41, 5.74) is 7.98. The second-order valence-corrected chi connectivity index (χ2v) is 10.4. The Morgan fingerprint density at radius 2 is 1.81 bits per heavy atom. The molecular weight excluding hydrogens is 390 g/mol. The first-order valence-electron chi connectivity index (χ1n) is 12.5. The van der Waals surface area contributed by atoms with Crippen LogP contribution in [0.1, 0.15) is 107 Å². The summed E-state index contributed by atoms with van der Waals surface area (Å²) in [6.07, 6.45) is 7.19. The first-order chi connectivity index (χ1) is 15.2. The molecule has 3 rings (SSSR count). The number of benzene rings is 2. The van der Waals surface area contributed by atoms with Crippen LogP contribution in [-0.4, -0.2) is 11.5 Å². The molecule has 1 atom stereocenters. The van der Waals surface area contributed by atoms with Crippen molar-refractivity contribution in [2.75, 3.05) is 0 Å². The van der Waals surface area contributed by atoms with Crippen LogP contribution in [0.15, 0.2) is 36.4 Å². The molecule has 1 aliphatic carbocycles. The van der Waals surface area contributed by atoms with E-state index in [1.165, 1.54) is 59.1 Å². The topological polar surface area (TPSA) is 40.9 Å². The molecule has 2 heteroatoms. The third kappa shape index (κ3) is 5.39. The monoisotopic (exact) mass is 431 g/mol. The van der Waals surface area contributed by atoms with Gasteiger partial charge < -0.3 is 5.41 Å².